The van der Waals surface area contributed by atoms with E-state index in [1.54, 1.807) is 13.8 Å². The van der Waals surface area contributed by atoms with Gasteiger partial charge in [-0.2, -0.15) is 22.5 Å². The highest BCUT2D eigenvalue weighted by Gasteiger charge is 2.27. The van der Waals surface area contributed by atoms with Gasteiger partial charge in [0.05, 0.1) is 6.04 Å². The van der Waals surface area contributed by atoms with Gasteiger partial charge in [0, 0.05) is 13.1 Å². The number of nitrogens with one attached hydrogen (secondary N) is 2. The summed E-state index contributed by atoms with van der Waals surface area (Å²) >= 11 is 0. The van der Waals surface area contributed by atoms with E-state index >= 15 is 0 Å². The van der Waals surface area contributed by atoms with E-state index in [4.69, 9.17) is 0 Å². The van der Waals surface area contributed by atoms with Crippen molar-refractivity contribution in [3.8, 4) is 0 Å². The lowest BCUT2D eigenvalue weighted by molar-refractivity contribution is 0.454. The molecule has 0 aliphatic carbocycles. The Hall–Kier alpha value is -0.990. The number of H-pyrrole nitrogens is 1. The second-order valence-electron chi connectivity index (χ2n) is 4.23. The van der Waals surface area contributed by atoms with Crippen molar-refractivity contribution in [1.29, 1.82) is 0 Å². The van der Waals surface area contributed by atoms with Crippen LogP contribution < -0.4 is 4.72 Å². The Bertz CT molecular complexity index is 477. The summed E-state index contributed by atoms with van der Waals surface area (Å²) in [6.07, 6.45) is 1.85. The smallest absolute Gasteiger partial charge is 0.263 e. The van der Waals surface area contributed by atoms with Crippen LogP contribution >= 0.6 is 0 Å². The van der Waals surface area contributed by atoms with Crippen LogP contribution in [0.5, 0.6) is 0 Å². The fourth-order valence-corrected chi connectivity index (χ4v) is 3.27. The lowest BCUT2D eigenvalue weighted by Gasteiger charge is -2.18. The molecule has 17 heavy (non-hydrogen) atoms. The summed E-state index contributed by atoms with van der Waals surface area (Å²) in [6.45, 7) is 4.69. The van der Waals surface area contributed by atoms with Crippen LogP contribution in [0.15, 0.2) is 0 Å². The normalized spacial score (nSPS) is 19.6. The Labute approximate surface area is 101 Å². The standard InChI is InChI=1S/C9H17N5O2S/c1-7(9-10-8(2)11-12-9)13-17(15,16)14-5-3-4-6-14/h7,13H,3-6H2,1-2H3,(H,10,11,12). The Morgan fingerprint density at radius 1 is 1.41 bits per heavy atom. The number of aromatic amines is 1. The first-order valence-electron chi connectivity index (χ1n) is 5.65. The van der Waals surface area contributed by atoms with Gasteiger partial charge in [0.15, 0.2) is 5.82 Å². The van der Waals surface area contributed by atoms with Crippen LogP contribution in [0.4, 0.5) is 0 Å². The van der Waals surface area contributed by atoms with Crippen molar-refractivity contribution in [2.24, 2.45) is 0 Å². The van der Waals surface area contributed by atoms with Crippen LogP contribution in [0.2, 0.25) is 0 Å². The van der Waals surface area contributed by atoms with E-state index in [9.17, 15) is 8.42 Å². The maximum absolute atomic E-state index is 12.0. The van der Waals surface area contributed by atoms with E-state index < -0.39 is 16.3 Å². The number of rotatable bonds is 4. The maximum atomic E-state index is 12.0. The third kappa shape index (κ3) is 2.82. The molecular formula is C9H17N5O2S. The molecule has 0 spiro atoms. The van der Waals surface area contributed by atoms with Gasteiger partial charge >= 0.3 is 0 Å². The second kappa shape index (κ2) is 4.71. The maximum Gasteiger partial charge on any atom is 0.280 e. The Morgan fingerprint density at radius 2 is 2.06 bits per heavy atom. The molecule has 1 aliphatic heterocycles. The predicted molar refractivity (Wildman–Crippen MR) is 62.4 cm³/mol. The van der Waals surface area contributed by atoms with Gasteiger partial charge in [-0.15, -0.1) is 0 Å². The molecule has 1 fully saturated rings. The summed E-state index contributed by atoms with van der Waals surface area (Å²) < 4.78 is 28.0. The van der Waals surface area contributed by atoms with E-state index in [0.717, 1.165) is 12.8 Å². The molecule has 7 nitrogen and oxygen atoms in total. The molecule has 1 aromatic heterocycles. The van der Waals surface area contributed by atoms with Gasteiger partial charge in [0.1, 0.15) is 5.82 Å². The van der Waals surface area contributed by atoms with Crippen LogP contribution in [-0.4, -0.2) is 41.0 Å². The molecule has 0 saturated carbocycles. The molecule has 1 unspecified atom stereocenters. The van der Waals surface area contributed by atoms with Crippen LogP contribution in [0.25, 0.3) is 0 Å². The van der Waals surface area contributed by atoms with Crippen molar-refractivity contribution in [1.82, 2.24) is 24.2 Å². The minimum absolute atomic E-state index is 0.425. The number of aryl methyl sites for hydroxylation is 1. The first-order chi connectivity index (χ1) is 7.99. The summed E-state index contributed by atoms with van der Waals surface area (Å²) in [4.78, 5) is 4.11. The topological polar surface area (TPSA) is 91.0 Å². The zero-order valence-corrected chi connectivity index (χ0v) is 10.8. The SMILES string of the molecule is Cc1nc(C(C)NS(=O)(=O)N2CCCC2)n[nH]1. The zero-order valence-electron chi connectivity index (χ0n) is 9.97. The summed E-state index contributed by atoms with van der Waals surface area (Å²) in [5.74, 6) is 1.14. The highest BCUT2D eigenvalue weighted by molar-refractivity contribution is 7.87. The number of aromatic nitrogens is 3. The summed E-state index contributed by atoms with van der Waals surface area (Å²) in [6, 6.07) is -0.425. The van der Waals surface area contributed by atoms with Gasteiger partial charge < -0.3 is 0 Å². The Kier molecular flexibility index (Phi) is 3.45. The monoisotopic (exact) mass is 259 g/mol. The third-order valence-corrected chi connectivity index (χ3v) is 4.43. The van der Waals surface area contributed by atoms with Gasteiger partial charge in [-0.25, -0.2) is 4.98 Å². The lowest BCUT2D eigenvalue weighted by atomic mass is 10.3. The highest BCUT2D eigenvalue weighted by atomic mass is 32.2. The molecule has 1 aliphatic rings. The molecule has 0 aromatic carbocycles. The first kappa shape index (κ1) is 12.5. The lowest BCUT2D eigenvalue weighted by Crippen LogP contribution is -2.40. The summed E-state index contributed by atoms with van der Waals surface area (Å²) in [7, 11) is -3.41. The number of hydrogen-bond donors (Lipinski definition) is 2. The second-order valence-corrected chi connectivity index (χ2v) is 5.93. The largest absolute Gasteiger partial charge is 0.280 e. The molecule has 2 N–H and O–H groups in total. The zero-order chi connectivity index (χ0) is 12.5. The summed E-state index contributed by atoms with van der Waals surface area (Å²) in [5.41, 5.74) is 0. The van der Waals surface area contributed by atoms with Crippen molar-refractivity contribution >= 4 is 10.2 Å². The molecular weight excluding hydrogens is 242 g/mol. The van der Waals surface area contributed by atoms with Gasteiger partial charge in [-0.3, -0.25) is 5.10 Å². The van der Waals surface area contributed by atoms with Crippen LogP contribution in [0.1, 0.15) is 37.5 Å². The van der Waals surface area contributed by atoms with Crippen molar-refractivity contribution in [2.75, 3.05) is 13.1 Å². The van der Waals surface area contributed by atoms with Crippen molar-refractivity contribution < 1.29 is 8.42 Å². The van der Waals surface area contributed by atoms with Crippen LogP contribution in [0.3, 0.4) is 0 Å². The average Bonchev–Trinajstić information content (AvgIpc) is 2.86. The molecule has 8 heteroatoms. The third-order valence-electron chi connectivity index (χ3n) is 2.73. The van der Waals surface area contributed by atoms with E-state index in [-0.39, 0.29) is 0 Å². The predicted octanol–water partition coefficient (Wildman–Crippen LogP) is 0.104. The molecule has 2 rings (SSSR count). The molecule has 0 radical (unpaired) electrons. The van der Waals surface area contributed by atoms with Gasteiger partial charge in [0.2, 0.25) is 0 Å². The van der Waals surface area contributed by atoms with E-state index in [0.29, 0.717) is 24.7 Å². The fourth-order valence-electron chi connectivity index (χ4n) is 1.83. The highest BCUT2D eigenvalue weighted by Crippen LogP contribution is 2.15. The summed E-state index contributed by atoms with van der Waals surface area (Å²) in [5, 5.41) is 6.64. The van der Waals surface area contributed by atoms with Crippen LogP contribution in [-0.2, 0) is 10.2 Å². The van der Waals surface area contributed by atoms with Crippen molar-refractivity contribution in [2.45, 2.75) is 32.7 Å². The molecule has 1 aromatic rings. The van der Waals surface area contributed by atoms with E-state index in [2.05, 4.69) is 19.9 Å². The van der Waals surface area contributed by atoms with Crippen molar-refractivity contribution in [3.63, 3.8) is 0 Å². The molecule has 96 valence electrons. The quantitative estimate of drug-likeness (QED) is 0.802. The molecule has 1 atom stereocenters. The minimum atomic E-state index is -3.41. The Morgan fingerprint density at radius 3 is 2.59 bits per heavy atom. The van der Waals surface area contributed by atoms with Gasteiger partial charge in [-0.1, -0.05) is 0 Å². The number of nitrogens with zero attached hydrogens (tertiary/aromatic N) is 3. The molecule has 0 amide bonds. The van der Waals surface area contributed by atoms with Gasteiger partial charge in [-0.05, 0) is 26.7 Å². The van der Waals surface area contributed by atoms with E-state index in [1.165, 1.54) is 4.31 Å². The minimum Gasteiger partial charge on any atom is -0.263 e. The van der Waals surface area contributed by atoms with Crippen LogP contribution in [0, 0.1) is 6.92 Å². The van der Waals surface area contributed by atoms with Crippen molar-refractivity contribution in [3.05, 3.63) is 11.6 Å². The molecule has 0 bridgehead atoms. The fraction of sp³-hybridized carbons (Fsp3) is 0.778. The first-order valence-corrected chi connectivity index (χ1v) is 7.09. The number of hydrogen-bond acceptors (Lipinski definition) is 4. The molecule has 2 heterocycles. The average molecular weight is 259 g/mol. The Balaban J connectivity index is 2.05. The van der Waals surface area contributed by atoms with E-state index in [1.807, 2.05) is 0 Å². The molecule has 1 saturated heterocycles. The van der Waals surface area contributed by atoms with Gasteiger partial charge in [0.25, 0.3) is 10.2 Å².